The largest absolute Gasteiger partial charge is 0.497 e. The molecule has 4 aliphatic heterocycles. The summed E-state index contributed by atoms with van der Waals surface area (Å²) >= 11 is 0. The lowest BCUT2D eigenvalue weighted by Gasteiger charge is -2.59. The van der Waals surface area contributed by atoms with E-state index in [9.17, 15) is 4.79 Å². The number of hydrogen-bond donors (Lipinski definition) is 3. The number of H-pyrrole nitrogens is 1. The van der Waals surface area contributed by atoms with E-state index in [0.29, 0.717) is 11.9 Å². The van der Waals surface area contributed by atoms with Gasteiger partial charge in [-0.05, 0) is 31.5 Å². The van der Waals surface area contributed by atoms with Gasteiger partial charge in [0.25, 0.3) is 0 Å². The number of piperidine rings is 2. The highest BCUT2D eigenvalue weighted by molar-refractivity contribution is 5.92. The van der Waals surface area contributed by atoms with Crippen molar-refractivity contribution < 1.29 is 19.3 Å². The molecule has 1 aromatic carbocycles. The third-order valence-electron chi connectivity index (χ3n) is 7.12. The summed E-state index contributed by atoms with van der Waals surface area (Å²) < 4.78 is 5.44. The smallest absolute Gasteiger partial charge is 0.242 e. The molecule has 2 atom stereocenters. The fraction of sp³-hybridized carbons (Fsp3) is 0.550. The number of ketones is 1. The van der Waals surface area contributed by atoms with Crippen molar-refractivity contribution >= 4 is 16.7 Å². The number of aromatic amines is 1. The molecule has 25 heavy (non-hydrogen) atoms. The Morgan fingerprint density at radius 1 is 1.24 bits per heavy atom. The molecule has 5 heterocycles. The molecule has 0 amide bonds. The number of carbonyl (C=O) groups is 1. The molecular formula is C20H27N3O2+2. The number of carbonyl (C=O) groups excluding carboxylic acids is 1. The van der Waals surface area contributed by atoms with Crippen molar-refractivity contribution in [1.82, 2.24) is 4.98 Å². The summed E-state index contributed by atoms with van der Waals surface area (Å²) in [5.74, 6) is 1.44. The van der Waals surface area contributed by atoms with Crippen molar-refractivity contribution in [3.63, 3.8) is 0 Å². The Balaban J connectivity index is 1.61. The molecule has 2 unspecified atom stereocenters. The van der Waals surface area contributed by atoms with Gasteiger partial charge in [0.15, 0.2) is 5.78 Å². The van der Waals surface area contributed by atoms with Crippen molar-refractivity contribution in [2.75, 3.05) is 33.3 Å². The average molecular weight is 341 g/mol. The summed E-state index contributed by atoms with van der Waals surface area (Å²) in [5, 5.41) is 1.26. The molecular weight excluding hydrogens is 314 g/mol. The fourth-order valence-corrected chi connectivity index (χ4v) is 6.12. The van der Waals surface area contributed by atoms with Crippen molar-refractivity contribution in [3.8, 4) is 5.75 Å². The first-order chi connectivity index (χ1) is 12.0. The van der Waals surface area contributed by atoms with Crippen molar-refractivity contribution in [2.45, 2.75) is 26.4 Å². The minimum Gasteiger partial charge on any atom is -0.497 e. The third kappa shape index (κ3) is 1.88. The standard InChI is InChI=1S/C20H25N3O2/c1-4-20-11-22-9-19(2,18(20)24)10-23(12-20)17(22)15-8-21-16-6-5-13(25-3)7-14(15)16/h5-8,17,21H,4,9-12H2,1-3H3/p+2. The molecule has 6 rings (SSSR count). The first-order valence-electron chi connectivity index (χ1n) is 9.39. The van der Waals surface area contributed by atoms with Crippen molar-refractivity contribution in [2.24, 2.45) is 10.8 Å². The number of rotatable bonds is 3. The topological polar surface area (TPSA) is 51.0 Å². The van der Waals surface area contributed by atoms with Crippen LogP contribution in [0.5, 0.6) is 5.75 Å². The van der Waals surface area contributed by atoms with Gasteiger partial charge in [0, 0.05) is 17.1 Å². The first-order valence-corrected chi connectivity index (χ1v) is 9.39. The third-order valence-corrected chi connectivity index (χ3v) is 7.12. The van der Waals surface area contributed by atoms with Crippen LogP contribution in [0.15, 0.2) is 24.4 Å². The number of nitrogens with one attached hydrogen (secondary N) is 3. The molecule has 3 N–H and O–H groups in total. The summed E-state index contributed by atoms with van der Waals surface area (Å²) in [6.45, 7) is 8.32. The highest BCUT2D eigenvalue weighted by atomic mass is 16.5. The van der Waals surface area contributed by atoms with E-state index in [4.69, 9.17) is 4.74 Å². The van der Waals surface area contributed by atoms with Gasteiger partial charge in [-0.15, -0.1) is 0 Å². The summed E-state index contributed by atoms with van der Waals surface area (Å²) in [5.41, 5.74) is 2.30. The van der Waals surface area contributed by atoms with Crippen LogP contribution in [0, 0.1) is 10.8 Å². The minimum absolute atomic E-state index is 0.101. The second-order valence-corrected chi connectivity index (χ2v) is 8.64. The normalized spacial score (nSPS) is 39.3. The summed E-state index contributed by atoms with van der Waals surface area (Å²) in [6, 6.07) is 6.25. The quantitative estimate of drug-likeness (QED) is 0.734. The van der Waals surface area contributed by atoms with E-state index in [0.717, 1.165) is 38.3 Å². The number of benzene rings is 1. The maximum atomic E-state index is 13.1. The second kappa shape index (κ2) is 4.86. The minimum atomic E-state index is -0.141. The van der Waals surface area contributed by atoms with E-state index >= 15 is 0 Å². The Morgan fingerprint density at radius 2 is 1.96 bits per heavy atom. The Morgan fingerprint density at radius 3 is 2.60 bits per heavy atom. The van der Waals surface area contributed by atoms with E-state index in [1.165, 1.54) is 16.5 Å². The van der Waals surface area contributed by atoms with Gasteiger partial charge in [-0.2, -0.15) is 0 Å². The van der Waals surface area contributed by atoms with Gasteiger partial charge in [-0.25, -0.2) is 0 Å². The molecule has 0 saturated carbocycles. The lowest BCUT2D eigenvalue weighted by atomic mass is 9.60. The number of ether oxygens (including phenoxy) is 1. The summed E-state index contributed by atoms with van der Waals surface area (Å²) in [7, 11) is 1.72. The fourth-order valence-electron chi connectivity index (χ4n) is 6.12. The highest BCUT2D eigenvalue weighted by Crippen LogP contribution is 2.39. The average Bonchev–Trinajstić information content (AvgIpc) is 3.01. The SMILES string of the molecule is CCC12C[NH+]3CC(C)(C[NH+](C1)C3c1c[nH]c3ccc(OC)cc13)C2=O. The zero-order valence-electron chi connectivity index (χ0n) is 15.2. The van der Waals surface area contributed by atoms with Crippen molar-refractivity contribution in [3.05, 3.63) is 30.0 Å². The Kier molecular flexibility index (Phi) is 3.00. The lowest BCUT2D eigenvalue weighted by Crippen LogP contribution is -3.41. The highest BCUT2D eigenvalue weighted by Gasteiger charge is 2.69. The van der Waals surface area contributed by atoms with Crippen LogP contribution >= 0.6 is 0 Å². The molecule has 0 radical (unpaired) electrons. The lowest BCUT2D eigenvalue weighted by molar-refractivity contribution is -1.18. The Bertz CT molecular complexity index is 855. The summed E-state index contributed by atoms with van der Waals surface area (Å²) in [4.78, 5) is 19.7. The molecule has 5 nitrogen and oxygen atoms in total. The molecule has 132 valence electrons. The molecule has 2 aromatic rings. The van der Waals surface area contributed by atoms with Crippen LogP contribution in [0.3, 0.4) is 0 Å². The van der Waals surface area contributed by atoms with Crippen LogP contribution in [0.2, 0.25) is 0 Å². The predicted molar refractivity (Wildman–Crippen MR) is 94.8 cm³/mol. The van der Waals surface area contributed by atoms with Gasteiger partial charge in [0.1, 0.15) is 42.8 Å². The number of aromatic nitrogens is 1. The predicted octanol–water partition coefficient (Wildman–Crippen LogP) is -0.0425. The number of methoxy groups -OCH3 is 1. The van der Waals surface area contributed by atoms with Gasteiger partial charge < -0.3 is 9.72 Å². The molecule has 4 fully saturated rings. The van der Waals surface area contributed by atoms with E-state index in [-0.39, 0.29) is 10.8 Å². The maximum Gasteiger partial charge on any atom is 0.242 e. The first kappa shape index (κ1) is 15.4. The molecule has 1 aromatic heterocycles. The van der Waals surface area contributed by atoms with E-state index in [1.54, 1.807) is 16.9 Å². The van der Waals surface area contributed by atoms with Gasteiger partial charge in [0.05, 0.1) is 12.7 Å². The van der Waals surface area contributed by atoms with E-state index in [1.807, 2.05) is 6.07 Å². The number of hydrogen-bond acceptors (Lipinski definition) is 2. The van der Waals surface area contributed by atoms with Crippen LogP contribution < -0.4 is 14.5 Å². The second-order valence-electron chi connectivity index (χ2n) is 8.64. The van der Waals surface area contributed by atoms with Gasteiger partial charge in [-0.3, -0.25) is 14.6 Å². The molecule has 4 bridgehead atoms. The van der Waals surface area contributed by atoms with E-state index < -0.39 is 0 Å². The molecule has 5 heteroatoms. The van der Waals surface area contributed by atoms with Gasteiger partial charge >= 0.3 is 0 Å². The Labute approximate surface area is 147 Å². The van der Waals surface area contributed by atoms with Crippen LogP contribution in [0.1, 0.15) is 32.0 Å². The zero-order valence-corrected chi connectivity index (χ0v) is 15.2. The van der Waals surface area contributed by atoms with Crippen molar-refractivity contribution in [1.29, 1.82) is 0 Å². The van der Waals surface area contributed by atoms with E-state index in [2.05, 4.69) is 37.2 Å². The monoisotopic (exact) mass is 341 g/mol. The summed E-state index contributed by atoms with van der Waals surface area (Å²) in [6.07, 6.45) is 3.57. The number of quaternary nitrogens is 2. The van der Waals surface area contributed by atoms with Crippen LogP contribution in [-0.2, 0) is 4.79 Å². The molecule has 0 aliphatic carbocycles. The van der Waals surface area contributed by atoms with Crippen LogP contribution in [0.4, 0.5) is 0 Å². The van der Waals surface area contributed by atoms with Gasteiger partial charge in [0.2, 0.25) is 6.17 Å². The Hall–Kier alpha value is -1.85. The molecule has 0 spiro atoms. The van der Waals surface area contributed by atoms with Crippen LogP contribution in [-0.4, -0.2) is 44.1 Å². The number of fused-ring (bicyclic) bond motifs is 1. The number of Topliss-reactive ketones (excluding diaryl/α,β-unsaturated/α-hetero) is 1. The van der Waals surface area contributed by atoms with Crippen LogP contribution in [0.25, 0.3) is 10.9 Å². The zero-order chi connectivity index (χ0) is 17.4. The molecule has 4 saturated heterocycles. The van der Waals surface area contributed by atoms with Gasteiger partial charge in [-0.1, -0.05) is 6.92 Å². The maximum absolute atomic E-state index is 13.1. The molecule has 4 aliphatic rings.